The third-order valence-corrected chi connectivity index (χ3v) is 4.41. The molecule has 0 saturated heterocycles. The van der Waals surface area contributed by atoms with Gasteiger partial charge in [-0.25, -0.2) is 0 Å². The fraction of sp³-hybridized carbons (Fsp3) is 0.381. The fourth-order valence-corrected chi connectivity index (χ4v) is 3.08. The highest BCUT2D eigenvalue weighted by atomic mass is 16.7. The Kier molecular flexibility index (Phi) is 7.69. The van der Waals surface area contributed by atoms with Gasteiger partial charge in [-0.3, -0.25) is 4.79 Å². The zero-order valence-corrected chi connectivity index (χ0v) is 17.7. The number of ketones is 1. The van der Waals surface area contributed by atoms with Crippen molar-refractivity contribution in [3.05, 3.63) is 41.0 Å². The van der Waals surface area contributed by atoms with Crippen molar-refractivity contribution >= 4 is 5.78 Å². The molecule has 0 aromatic heterocycles. The van der Waals surface area contributed by atoms with Gasteiger partial charge in [0.05, 0.1) is 41.1 Å². The molecule has 0 spiro atoms. The number of benzene rings is 2. The Hall–Kier alpha value is -2.97. The van der Waals surface area contributed by atoms with Crippen molar-refractivity contribution in [2.45, 2.75) is 6.29 Å². The van der Waals surface area contributed by atoms with Gasteiger partial charge in [-0.15, -0.1) is 0 Å². The summed E-state index contributed by atoms with van der Waals surface area (Å²) in [6.45, 7) is 0. The quantitative estimate of drug-likeness (QED) is 0.439. The van der Waals surface area contributed by atoms with Gasteiger partial charge in [0, 0.05) is 25.3 Å². The summed E-state index contributed by atoms with van der Waals surface area (Å²) in [5.41, 5.74) is 1.04. The van der Waals surface area contributed by atoms with Crippen molar-refractivity contribution in [3.8, 4) is 28.7 Å². The Morgan fingerprint density at radius 1 is 0.690 bits per heavy atom. The van der Waals surface area contributed by atoms with Gasteiger partial charge in [-0.05, 0) is 24.3 Å². The van der Waals surface area contributed by atoms with Crippen molar-refractivity contribution in [2.24, 2.45) is 0 Å². The van der Waals surface area contributed by atoms with Crippen molar-refractivity contribution in [1.29, 1.82) is 0 Å². The van der Waals surface area contributed by atoms with Gasteiger partial charge in [-0.1, -0.05) is 0 Å². The maximum Gasteiger partial charge on any atom is 0.203 e. The molecule has 0 unspecified atom stereocenters. The molecule has 0 amide bonds. The standard InChI is InChI=1S/C21H26O8/c1-23-14-9-8-13(21(28-6)29-7)17(20(14)27-5)18(22)12-10-15(24-2)19(26-4)16(11-12)25-3/h8-11,21H,1-7H3. The molecule has 0 saturated carbocycles. The summed E-state index contributed by atoms with van der Waals surface area (Å²) in [7, 11) is 10.4. The van der Waals surface area contributed by atoms with Gasteiger partial charge in [0.1, 0.15) is 0 Å². The van der Waals surface area contributed by atoms with E-state index in [4.69, 9.17) is 33.2 Å². The van der Waals surface area contributed by atoms with Crippen LogP contribution in [0.2, 0.25) is 0 Å². The second kappa shape index (κ2) is 9.99. The molecular weight excluding hydrogens is 380 g/mol. The van der Waals surface area contributed by atoms with E-state index >= 15 is 0 Å². The van der Waals surface area contributed by atoms with Crippen LogP contribution in [-0.4, -0.2) is 55.6 Å². The smallest absolute Gasteiger partial charge is 0.203 e. The molecule has 0 bridgehead atoms. The molecule has 2 aromatic rings. The molecule has 0 fully saturated rings. The van der Waals surface area contributed by atoms with Crippen LogP contribution in [-0.2, 0) is 9.47 Å². The molecule has 0 aliphatic heterocycles. The van der Waals surface area contributed by atoms with Crippen LogP contribution >= 0.6 is 0 Å². The zero-order chi connectivity index (χ0) is 21.6. The van der Waals surface area contributed by atoms with Gasteiger partial charge in [0.25, 0.3) is 0 Å². The lowest BCUT2D eigenvalue weighted by Gasteiger charge is -2.21. The molecule has 8 heteroatoms. The van der Waals surface area contributed by atoms with Gasteiger partial charge < -0.3 is 33.2 Å². The van der Waals surface area contributed by atoms with Crippen LogP contribution in [0.1, 0.15) is 27.8 Å². The number of carbonyl (C=O) groups excluding carboxylic acids is 1. The summed E-state index contributed by atoms with van der Waals surface area (Å²) >= 11 is 0. The van der Waals surface area contributed by atoms with Crippen LogP contribution in [0.15, 0.2) is 24.3 Å². The molecule has 0 atom stereocenters. The van der Waals surface area contributed by atoms with Crippen molar-refractivity contribution < 1.29 is 38.0 Å². The Labute approximate surface area is 170 Å². The number of carbonyl (C=O) groups is 1. The van der Waals surface area contributed by atoms with Gasteiger partial charge in [0.15, 0.2) is 35.1 Å². The molecule has 2 rings (SSSR count). The largest absolute Gasteiger partial charge is 0.493 e. The number of rotatable bonds is 10. The fourth-order valence-electron chi connectivity index (χ4n) is 3.08. The molecule has 8 nitrogen and oxygen atoms in total. The Morgan fingerprint density at radius 2 is 1.21 bits per heavy atom. The maximum absolute atomic E-state index is 13.6. The number of ether oxygens (including phenoxy) is 7. The van der Waals surface area contributed by atoms with Crippen LogP contribution < -0.4 is 23.7 Å². The minimum absolute atomic E-state index is 0.245. The number of hydrogen-bond acceptors (Lipinski definition) is 8. The molecule has 2 aromatic carbocycles. The molecule has 0 N–H and O–H groups in total. The van der Waals surface area contributed by atoms with E-state index < -0.39 is 6.29 Å². The SMILES string of the molecule is COc1cc(C(=O)c2c(C(OC)OC)ccc(OC)c2OC)cc(OC)c1OC. The summed E-state index contributed by atoms with van der Waals surface area (Å²) in [4.78, 5) is 13.6. The van der Waals surface area contributed by atoms with E-state index in [9.17, 15) is 4.79 Å². The third-order valence-electron chi connectivity index (χ3n) is 4.41. The summed E-state index contributed by atoms with van der Waals surface area (Å²) < 4.78 is 37.7. The predicted octanol–water partition coefficient (Wildman–Crippen LogP) is 3.25. The molecule has 0 aliphatic rings. The third kappa shape index (κ3) is 4.23. The number of methoxy groups -OCH3 is 7. The highest BCUT2D eigenvalue weighted by molar-refractivity contribution is 6.12. The average Bonchev–Trinajstić information content (AvgIpc) is 2.77. The first-order valence-corrected chi connectivity index (χ1v) is 8.66. The van der Waals surface area contributed by atoms with Crippen LogP contribution in [0.4, 0.5) is 0 Å². The van der Waals surface area contributed by atoms with Crippen LogP contribution in [0.5, 0.6) is 28.7 Å². The average molecular weight is 406 g/mol. The van der Waals surface area contributed by atoms with E-state index in [1.165, 1.54) is 49.8 Å². The second-order valence-electron chi connectivity index (χ2n) is 5.81. The van der Waals surface area contributed by atoms with Crippen molar-refractivity contribution in [2.75, 3.05) is 49.8 Å². The Morgan fingerprint density at radius 3 is 1.62 bits per heavy atom. The Balaban J connectivity index is 2.77. The first-order valence-electron chi connectivity index (χ1n) is 8.66. The van der Waals surface area contributed by atoms with Crippen molar-refractivity contribution in [3.63, 3.8) is 0 Å². The van der Waals surface area contributed by atoms with E-state index in [-0.39, 0.29) is 17.1 Å². The van der Waals surface area contributed by atoms with Crippen molar-refractivity contribution in [1.82, 2.24) is 0 Å². The van der Waals surface area contributed by atoms with E-state index in [0.29, 0.717) is 34.1 Å². The highest BCUT2D eigenvalue weighted by Gasteiger charge is 2.28. The molecule has 29 heavy (non-hydrogen) atoms. The highest BCUT2D eigenvalue weighted by Crippen LogP contribution is 2.42. The summed E-state index contributed by atoms with van der Waals surface area (Å²) in [5, 5.41) is 0. The van der Waals surface area contributed by atoms with Crippen LogP contribution in [0.3, 0.4) is 0 Å². The molecule has 0 heterocycles. The summed E-state index contributed by atoms with van der Waals surface area (Å²) in [6.07, 6.45) is -0.782. The van der Waals surface area contributed by atoms with E-state index in [0.717, 1.165) is 0 Å². The monoisotopic (exact) mass is 406 g/mol. The molecule has 0 radical (unpaired) electrons. The first-order chi connectivity index (χ1) is 14.0. The molecule has 0 aliphatic carbocycles. The summed E-state index contributed by atoms with van der Waals surface area (Å²) in [5.74, 6) is 1.41. The lowest BCUT2D eigenvalue weighted by Crippen LogP contribution is -2.14. The van der Waals surface area contributed by atoms with Crippen LogP contribution in [0.25, 0.3) is 0 Å². The maximum atomic E-state index is 13.6. The van der Waals surface area contributed by atoms with E-state index in [1.807, 2.05) is 0 Å². The lowest BCUT2D eigenvalue weighted by molar-refractivity contribution is -0.106. The predicted molar refractivity (Wildman–Crippen MR) is 106 cm³/mol. The normalized spacial score (nSPS) is 10.6. The topological polar surface area (TPSA) is 81.7 Å². The van der Waals surface area contributed by atoms with Gasteiger partial charge in [0.2, 0.25) is 5.75 Å². The van der Waals surface area contributed by atoms with E-state index in [2.05, 4.69) is 0 Å². The lowest BCUT2D eigenvalue weighted by atomic mass is 9.95. The minimum Gasteiger partial charge on any atom is -0.493 e. The van der Waals surface area contributed by atoms with Crippen LogP contribution in [0, 0.1) is 0 Å². The molecular formula is C21H26O8. The molecule has 158 valence electrons. The second-order valence-corrected chi connectivity index (χ2v) is 5.81. The van der Waals surface area contributed by atoms with E-state index in [1.54, 1.807) is 24.3 Å². The number of hydrogen-bond donors (Lipinski definition) is 0. The van der Waals surface area contributed by atoms with Gasteiger partial charge in [-0.2, -0.15) is 0 Å². The zero-order valence-electron chi connectivity index (χ0n) is 17.7. The Bertz CT molecular complexity index is 833. The minimum atomic E-state index is -0.782. The summed E-state index contributed by atoms with van der Waals surface area (Å²) in [6, 6.07) is 6.53. The van der Waals surface area contributed by atoms with Gasteiger partial charge >= 0.3 is 0 Å². The first kappa shape index (κ1) is 22.3.